The maximum Gasteiger partial charge on any atom is 0.417 e. The molecule has 23 heavy (non-hydrogen) atoms. The summed E-state index contributed by atoms with van der Waals surface area (Å²) in [7, 11) is 0. The summed E-state index contributed by atoms with van der Waals surface area (Å²) in [5.41, 5.74) is 2.00. The van der Waals surface area contributed by atoms with E-state index in [1.54, 1.807) is 0 Å². The van der Waals surface area contributed by atoms with Crippen molar-refractivity contribution in [3.8, 4) is 0 Å². The number of carbonyl (C=O) groups excluding carboxylic acids is 2. The predicted molar refractivity (Wildman–Crippen MR) is 86.9 cm³/mol. The maximum absolute atomic E-state index is 12.6. The van der Waals surface area contributed by atoms with Crippen LogP contribution in [0.25, 0.3) is 0 Å². The predicted octanol–water partition coefficient (Wildman–Crippen LogP) is 3.90. The van der Waals surface area contributed by atoms with Crippen LogP contribution in [0.4, 0.5) is 4.79 Å². The lowest BCUT2D eigenvalue weighted by atomic mass is 9.96. The molecule has 4 nitrogen and oxygen atoms in total. The largest absolute Gasteiger partial charge is 0.446 e. The molecular formula is C19H19NO3. The zero-order chi connectivity index (χ0) is 16.2. The number of hydrogen-bond donors (Lipinski definition) is 0. The molecule has 1 heterocycles. The van der Waals surface area contributed by atoms with Gasteiger partial charge < -0.3 is 4.74 Å². The van der Waals surface area contributed by atoms with Crippen LogP contribution in [0.3, 0.4) is 0 Å². The Morgan fingerprint density at radius 2 is 1.74 bits per heavy atom. The topological polar surface area (TPSA) is 46.6 Å². The highest BCUT2D eigenvalue weighted by Gasteiger charge is 2.38. The Hall–Kier alpha value is -2.62. The van der Waals surface area contributed by atoms with Crippen LogP contribution in [0.2, 0.25) is 0 Å². The van der Waals surface area contributed by atoms with E-state index in [0.717, 1.165) is 11.1 Å². The summed E-state index contributed by atoms with van der Waals surface area (Å²) < 4.78 is 5.11. The van der Waals surface area contributed by atoms with E-state index < -0.39 is 6.09 Å². The lowest BCUT2D eigenvalue weighted by Crippen LogP contribution is -2.34. The molecule has 3 rings (SSSR count). The van der Waals surface area contributed by atoms with Gasteiger partial charge in [-0.2, -0.15) is 0 Å². The van der Waals surface area contributed by atoms with Crippen molar-refractivity contribution in [3.63, 3.8) is 0 Å². The molecule has 2 amide bonds. The van der Waals surface area contributed by atoms with Crippen molar-refractivity contribution in [2.24, 2.45) is 0 Å². The minimum atomic E-state index is -0.552. The molecule has 1 fully saturated rings. The van der Waals surface area contributed by atoms with Crippen molar-refractivity contribution in [1.82, 2.24) is 4.90 Å². The van der Waals surface area contributed by atoms with Gasteiger partial charge in [0.15, 0.2) is 0 Å². The molecule has 0 aromatic heterocycles. The van der Waals surface area contributed by atoms with Gasteiger partial charge in [0.05, 0.1) is 0 Å². The standard InChI is InChI=1S/C19H19NO3/c1-14(15-8-4-2-5-9-15)12-18(21)20-17(13-23-19(20)22)16-10-6-3-7-11-16/h2-11,14,17H,12-13H2,1H3/t14?,17-/m0/s1. The summed E-state index contributed by atoms with van der Waals surface area (Å²) in [6.45, 7) is 2.21. The SMILES string of the molecule is CC(CC(=O)N1C(=O)OC[C@H]1c1ccccc1)c1ccccc1. The van der Waals surface area contributed by atoms with Crippen LogP contribution in [0.5, 0.6) is 0 Å². The number of benzene rings is 2. The van der Waals surface area contributed by atoms with E-state index in [1.807, 2.05) is 67.6 Å². The Labute approximate surface area is 135 Å². The highest BCUT2D eigenvalue weighted by molar-refractivity contribution is 5.94. The maximum atomic E-state index is 12.6. The van der Waals surface area contributed by atoms with Crippen molar-refractivity contribution in [1.29, 1.82) is 0 Å². The third kappa shape index (κ3) is 3.26. The fourth-order valence-corrected chi connectivity index (χ4v) is 2.88. The normalized spacial score (nSPS) is 18.6. The fraction of sp³-hybridized carbons (Fsp3) is 0.263. The van der Waals surface area contributed by atoms with E-state index in [0.29, 0.717) is 0 Å². The van der Waals surface area contributed by atoms with Crippen LogP contribution in [0.1, 0.15) is 36.4 Å². The molecule has 2 aromatic rings. The molecule has 1 aliphatic rings. The van der Waals surface area contributed by atoms with Gasteiger partial charge in [-0.05, 0) is 17.0 Å². The molecule has 2 atom stereocenters. The Morgan fingerprint density at radius 1 is 1.13 bits per heavy atom. The molecule has 1 saturated heterocycles. The molecule has 0 saturated carbocycles. The summed E-state index contributed by atoms with van der Waals surface area (Å²) in [6.07, 6.45) is -0.272. The third-order valence-corrected chi connectivity index (χ3v) is 4.18. The average molecular weight is 309 g/mol. The van der Waals surface area contributed by atoms with Gasteiger partial charge in [-0.1, -0.05) is 67.6 Å². The van der Waals surface area contributed by atoms with Crippen LogP contribution >= 0.6 is 0 Å². The minimum Gasteiger partial charge on any atom is -0.446 e. The van der Waals surface area contributed by atoms with Crippen molar-refractivity contribution >= 4 is 12.0 Å². The molecule has 1 aliphatic heterocycles. The quantitative estimate of drug-likeness (QED) is 0.860. The Balaban J connectivity index is 1.76. The third-order valence-electron chi connectivity index (χ3n) is 4.18. The fourth-order valence-electron chi connectivity index (χ4n) is 2.88. The van der Waals surface area contributed by atoms with Crippen LogP contribution in [-0.4, -0.2) is 23.5 Å². The molecule has 4 heteroatoms. The highest BCUT2D eigenvalue weighted by atomic mass is 16.6. The van der Waals surface area contributed by atoms with E-state index in [1.165, 1.54) is 4.90 Å². The lowest BCUT2D eigenvalue weighted by Gasteiger charge is -2.21. The Morgan fingerprint density at radius 3 is 2.39 bits per heavy atom. The summed E-state index contributed by atoms with van der Waals surface area (Å²) in [5, 5.41) is 0. The second-order valence-corrected chi connectivity index (χ2v) is 5.78. The van der Waals surface area contributed by atoms with Crippen molar-refractivity contribution < 1.29 is 14.3 Å². The molecule has 0 aliphatic carbocycles. The van der Waals surface area contributed by atoms with Gasteiger partial charge in [-0.3, -0.25) is 4.79 Å². The Bertz CT molecular complexity index is 684. The highest BCUT2D eigenvalue weighted by Crippen LogP contribution is 2.30. The molecule has 0 radical (unpaired) electrons. The van der Waals surface area contributed by atoms with Crippen LogP contribution in [0.15, 0.2) is 60.7 Å². The first-order valence-electron chi connectivity index (χ1n) is 7.75. The van der Waals surface area contributed by atoms with Gasteiger partial charge in [-0.25, -0.2) is 9.69 Å². The number of rotatable bonds is 4. The van der Waals surface area contributed by atoms with Crippen LogP contribution in [0, 0.1) is 0 Å². The second-order valence-electron chi connectivity index (χ2n) is 5.78. The van der Waals surface area contributed by atoms with Gasteiger partial charge in [0.1, 0.15) is 12.6 Å². The first-order chi connectivity index (χ1) is 11.2. The number of cyclic esters (lactones) is 1. The Kier molecular flexibility index (Phi) is 4.42. The van der Waals surface area contributed by atoms with Crippen molar-refractivity contribution in [2.45, 2.75) is 25.3 Å². The van der Waals surface area contributed by atoms with Gasteiger partial charge in [0, 0.05) is 6.42 Å². The number of amides is 2. The van der Waals surface area contributed by atoms with Gasteiger partial charge in [-0.15, -0.1) is 0 Å². The summed E-state index contributed by atoms with van der Waals surface area (Å²) in [4.78, 5) is 25.9. The number of imide groups is 1. The zero-order valence-electron chi connectivity index (χ0n) is 13.0. The molecule has 2 aromatic carbocycles. The number of nitrogens with zero attached hydrogens (tertiary/aromatic N) is 1. The zero-order valence-corrected chi connectivity index (χ0v) is 13.0. The van der Waals surface area contributed by atoms with E-state index in [9.17, 15) is 9.59 Å². The van der Waals surface area contributed by atoms with E-state index in [4.69, 9.17) is 4.74 Å². The van der Waals surface area contributed by atoms with Crippen LogP contribution < -0.4 is 0 Å². The van der Waals surface area contributed by atoms with Crippen molar-refractivity contribution in [3.05, 3.63) is 71.8 Å². The van der Waals surface area contributed by atoms with Crippen LogP contribution in [-0.2, 0) is 9.53 Å². The molecule has 1 unspecified atom stereocenters. The lowest BCUT2D eigenvalue weighted by molar-refractivity contribution is -0.129. The van der Waals surface area contributed by atoms with Gasteiger partial charge >= 0.3 is 6.09 Å². The molecular weight excluding hydrogens is 290 g/mol. The number of ether oxygens (including phenoxy) is 1. The second kappa shape index (κ2) is 6.65. The summed E-state index contributed by atoms with van der Waals surface area (Å²) >= 11 is 0. The number of hydrogen-bond acceptors (Lipinski definition) is 3. The van der Waals surface area contributed by atoms with E-state index >= 15 is 0 Å². The first-order valence-corrected chi connectivity index (χ1v) is 7.75. The van der Waals surface area contributed by atoms with Crippen molar-refractivity contribution in [2.75, 3.05) is 6.61 Å². The monoisotopic (exact) mass is 309 g/mol. The molecule has 0 N–H and O–H groups in total. The van der Waals surface area contributed by atoms with E-state index in [-0.39, 0.29) is 30.9 Å². The van der Waals surface area contributed by atoms with E-state index in [2.05, 4.69) is 0 Å². The minimum absolute atomic E-state index is 0.0496. The summed E-state index contributed by atoms with van der Waals surface area (Å²) in [6, 6.07) is 19.0. The average Bonchev–Trinajstić information content (AvgIpc) is 2.98. The molecule has 0 spiro atoms. The molecule has 118 valence electrons. The summed E-state index contributed by atoms with van der Waals surface area (Å²) in [5.74, 6) is -0.147. The van der Waals surface area contributed by atoms with Gasteiger partial charge in [0.25, 0.3) is 0 Å². The molecule has 0 bridgehead atoms. The number of carbonyl (C=O) groups is 2. The smallest absolute Gasteiger partial charge is 0.417 e. The first kappa shape index (κ1) is 15.3. The van der Waals surface area contributed by atoms with Gasteiger partial charge in [0.2, 0.25) is 5.91 Å².